The maximum atomic E-state index is 9.16. The average molecular weight is 256 g/mol. The molecular weight excluding hydrogens is 232 g/mol. The predicted octanol–water partition coefficient (Wildman–Crippen LogP) is 4.13. The highest BCUT2D eigenvalue weighted by atomic mass is 15.2. The Bertz CT molecular complexity index is 500. The molecular formula is C17H24N2. The first-order chi connectivity index (χ1) is 8.85. The molecule has 2 nitrogen and oxygen atoms in total. The van der Waals surface area contributed by atoms with Crippen LogP contribution in [0.3, 0.4) is 0 Å². The number of anilines is 1. The fourth-order valence-corrected chi connectivity index (χ4v) is 3.53. The highest BCUT2D eigenvalue weighted by Gasteiger charge is 2.36. The Hall–Kier alpha value is -1.49. The summed E-state index contributed by atoms with van der Waals surface area (Å²) in [5.41, 5.74) is 5.45. The Morgan fingerprint density at radius 3 is 2.26 bits per heavy atom. The number of hydrogen-bond donors (Lipinski definition) is 0. The lowest BCUT2D eigenvalue weighted by Crippen LogP contribution is -2.50. The van der Waals surface area contributed by atoms with Gasteiger partial charge in [0.05, 0.1) is 12.0 Å². The van der Waals surface area contributed by atoms with E-state index in [1.165, 1.54) is 22.4 Å². The van der Waals surface area contributed by atoms with Crippen molar-refractivity contribution in [2.45, 2.75) is 53.0 Å². The molecule has 102 valence electrons. The predicted molar refractivity (Wildman–Crippen MR) is 80.4 cm³/mol. The molecule has 1 fully saturated rings. The molecule has 0 bridgehead atoms. The van der Waals surface area contributed by atoms with Gasteiger partial charge in [-0.1, -0.05) is 17.7 Å². The number of hydrogen-bond acceptors (Lipinski definition) is 2. The zero-order valence-electron chi connectivity index (χ0n) is 12.7. The highest BCUT2D eigenvalue weighted by Crippen LogP contribution is 2.38. The van der Waals surface area contributed by atoms with Crippen LogP contribution < -0.4 is 4.90 Å². The van der Waals surface area contributed by atoms with Crippen LogP contribution in [-0.4, -0.2) is 12.1 Å². The third kappa shape index (κ3) is 2.61. The van der Waals surface area contributed by atoms with Crippen molar-refractivity contribution in [2.75, 3.05) is 11.4 Å². The van der Waals surface area contributed by atoms with Crippen molar-refractivity contribution >= 4 is 5.69 Å². The van der Waals surface area contributed by atoms with Crippen molar-refractivity contribution in [3.05, 3.63) is 28.8 Å². The number of rotatable bonds is 1. The van der Waals surface area contributed by atoms with Crippen molar-refractivity contribution in [3.63, 3.8) is 0 Å². The van der Waals surface area contributed by atoms with Crippen LogP contribution in [0, 0.1) is 38.0 Å². The van der Waals surface area contributed by atoms with Crippen molar-refractivity contribution in [3.8, 4) is 6.07 Å². The molecule has 0 saturated carbocycles. The SMILES string of the molecule is Cc1cc(C)c(N2CCC(C#N)CC2(C)C)c(C)c1. The molecule has 1 unspecified atom stereocenters. The molecule has 1 aromatic rings. The number of nitrogens with zero attached hydrogens (tertiary/aromatic N) is 2. The largest absolute Gasteiger partial charge is 0.366 e. The number of benzene rings is 1. The van der Waals surface area contributed by atoms with Gasteiger partial charge in [-0.05, 0) is 58.6 Å². The maximum Gasteiger partial charge on any atom is 0.0657 e. The zero-order valence-corrected chi connectivity index (χ0v) is 12.7. The minimum atomic E-state index is 0.0590. The molecule has 1 aliphatic rings. The fraction of sp³-hybridized carbons (Fsp3) is 0.588. The van der Waals surface area contributed by atoms with Gasteiger partial charge in [0.15, 0.2) is 0 Å². The molecule has 0 amide bonds. The summed E-state index contributed by atoms with van der Waals surface area (Å²) >= 11 is 0. The Labute approximate surface area is 117 Å². The van der Waals surface area contributed by atoms with E-state index in [1.54, 1.807) is 0 Å². The molecule has 1 saturated heterocycles. The van der Waals surface area contributed by atoms with Crippen molar-refractivity contribution in [1.29, 1.82) is 5.26 Å². The topological polar surface area (TPSA) is 27.0 Å². The first-order valence-electron chi connectivity index (χ1n) is 7.10. The van der Waals surface area contributed by atoms with Gasteiger partial charge in [0.1, 0.15) is 0 Å². The smallest absolute Gasteiger partial charge is 0.0657 e. The van der Waals surface area contributed by atoms with E-state index < -0.39 is 0 Å². The highest BCUT2D eigenvalue weighted by molar-refractivity contribution is 5.62. The van der Waals surface area contributed by atoms with Crippen LogP contribution in [0.2, 0.25) is 0 Å². The van der Waals surface area contributed by atoms with Crippen LogP contribution in [0.1, 0.15) is 43.4 Å². The van der Waals surface area contributed by atoms with Crippen LogP contribution in [-0.2, 0) is 0 Å². The Morgan fingerprint density at radius 1 is 1.21 bits per heavy atom. The molecule has 1 aromatic carbocycles. The van der Waals surface area contributed by atoms with E-state index in [0.717, 1.165) is 19.4 Å². The molecule has 0 aliphatic carbocycles. The second-order valence-corrected chi connectivity index (χ2v) is 6.53. The quantitative estimate of drug-likeness (QED) is 0.755. The van der Waals surface area contributed by atoms with Crippen LogP contribution in [0.15, 0.2) is 12.1 Å². The average Bonchev–Trinajstić information content (AvgIpc) is 2.29. The number of piperidine rings is 1. The molecule has 1 atom stereocenters. The minimum absolute atomic E-state index is 0.0590. The van der Waals surface area contributed by atoms with Crippen LogP contribution in [0.4, 0.5) is 5.69 Å². The molecule has 0 N–H and O–H groups in total. The summed E-state index contributed by atoms with van der Waals surface area (Å²) in [6.07, 6.45) is 1.93. The molecule has 2 rings (SSSR count). The summed E-state index contributed by atoms with van der Waals surface area (Å²) in [7, 11) is 0. The standard InChI is InChI=1S/C17H24N2/c1-12-8-13(2)16(14(3)9-12)19-7-6-15(11-18)10-17(19,4)5/h8-9,15H,6-7,10H2,1-5H3. The van der Waals surface area contributed by atoms with Gasteiger partial charge >= 0.3 is 0 Å². The minimum Gasteiger partial charge on any atom is -0.366 e. The molecule has 1 aliphatic heterocycles. The number of nitriles is 1. The lowest BCUT2D eigenvalue weighted by Gasteiger charge is -2.47. The molecule has 0 aromatic heterocycles. The van der Waals surface area contributed by atoms with Crippen LogP contribution in [0.25, 0.3) is 0 Å². The Kier molecular flexibility index (Phi) is 3.58. The molecule has 19 heavy (non-hydrogen) atoms. The first-order valence-corrected chi connectivity index (χ1v) is 7.10. The van der Waals surface area contributed by atoms with Crippen molar-refractivity contribution in [2.24, 2.45) is 5.92 Å². The van der Waals surface area contributed by atoms with Gasteiger partial charge in [0.25, 0.3) is 0 Å². The van der Waals surface area contributed by atoms with Crippen molar-refractivity contribution < 1.29 is 0 Å². The summed E-state index contributed by atoms with van der Waals surface area (Å²) in [4.78, 5) is 2.50. The zero-order chi connectivity index (χ0) is 14.2. The normalized spacial score (nSPS) is 22.1. The fourth-order valence-electron chi connectivity index (χ4n) is 3.53. The van der Waals surface area contributed by atoms with E-state index >= 15 is 0 Å². The Morgan fingerprint density at radius 2 is 1.79 bits per heavy atom. The van der Waals surface area contributed by atoms with E-state index in [1.807, 2.05) is 0 Å². The van der Waals surface area contributed by atoms with Gasteiger partial charge in [-0.25, -0.2) is 0 Å². The third-order valence-corrected chi connectivity index (χ3v) is 4.27. The van der Waals surface area contributed by atoms with Gasteiger partial charge in [-0.15, -0.1) is 0 Å². The van der Waals surface area contributed by atoms with Gasteiger partial charge in [0.2, 0.25) is 0 Å². The second-order valence-electron chi connectivity index (χ2n) is 6.53. The third-order valence-electron chi connectivity index (χ3n) is 4.27. The summed E-state index contributed by atoms with van der Waals surface area (Å²) in [5, 5.41) is 9.16. The van der Waals surface area contributed by atoms with Gasteiger partial charge in [-0.3, -0.25) is 0 Å². The van der Waals surface area contributed by atoms with E-state index in [0.29, 0.717) is 0 Å². The van der Waals surface area contributed by atoms with Gasteiger partial charge < -0.3 is 4.90 Å². The van der Waals surface area contributed by atoms with Crippen molar-refractivity contribution in [1.82, 2.24) is 0 Å². The van der Waals surface area contributed by atoms with Crippen LogP contribution >= 0.6 is 0 Å². The lowest BCUT2D eigenvalue weighted by atomic mass is 9.82. The van der Waals surface area contributed by atoms with Gasteiger partial charge in [-0.2, -0.15) is 5.26 Å². The van der Waals surface area contributed by atoms with E-state index in [4.69, 9.17) is 5.26 Å². The second kappa shape index (κ2) is 4.89. The van der Waals surface area contributed by atoms with E-state index in [-0.39, 0.29) is 11.5 Å². The summed E-state index contributed by atoms with van der Waals surface area (Å²) in [6.45, 7) is 12.0. The van der Waals surface area contributed by atoms with Crippen LogP contribution in [0.5, 0.6) is 0 Å². The maximum absolute atomic E-state index is 9.16. The summed E-state index contributed by atoms with van der Waals surface area (Å²) in [5.74, 6) is 0.206. The van der Waals surface area contributed by atoms with E-state index in [2.05, 4.69) is 57.7 Å². The first kappa shape index (κ1) is 13.9. The summed E-state index contributed by atoms with van der Waals surface area (Å²) in [6, 6.07) is 6.96. The Balaban J connectivity index is 2.40. The molecule has 0 spiro atoms. The van der Waals surface area contributed by atoms with Gasteiger partial charge in [0, 0.05) is 17.8 Å². The molecule has 2 heteroatoms. The molecule has 0 radical (unpaired) electrons. The monoisotopic (exact) mass is 256 g/mol. The summed E-state index contributed by atoms with van der Waals surface area (Å²) < 4.78 is 0. The molecule has 1 heterocycles. The van der Waals surface area contributed by atoms with E-state index in [9.17, 15) is 0 Å². The lowest BCUT2D eigenvalue weighted by molar-refractivity contribution is 0.315. The number of aryl methyl sites for hydroxylation is 3.